The van der Waals surface area contributed by atoms with E-state index in [1.54, 1.807) is 12.2 Å². The zero-order valence-corrected chi connectivity index (χ0v) is 47.3. The molecule has 428 valence electrons. The Kier molecular flexibility index (Phi) is 18.5. The highest BCUT2D eigenvalue weighted by Crippen LogP contribution is 2.54. The average molecular weight is 1200 g/mol. The van der Waals surface area contributed by atoms with Crippen LogP contribution in [0.3, 0.4) is 0 Å². The van der Waals surface area contributed by atoms with Crippen molar-refractivity contribution in [1.82, 2.24) is 0 Å². The SMILES string of the molecule is CC(=O)OC[C@H]1O[C@@H](Oc2c(Cl)cc3c(c2Cl)C(C)(C)C2=CC(=O)C=CC2=N3)[C@H](F)[C@@H](OC(C)=O)[C@H]1OC(C)=O.CC(=O)OC[C@H]1O[C@@H](Oc2c(Cl)cc3c(c2Cl)C(C)(C)C2=CC(=O)C=CC2=N3)[C@H](F)[C@@H](OC(C)=O)[C@H]1OC(C)=O. The van der Waals surface area contributed by atoms with Crippen molar-refractivity contribution in [3.63, 3.8) is 0 Å². The van der Waals surface area contributed by atoms with Crippen molar-refractivity contribution in [3.05, 3.63) is 91.0 Å². The molecule has 8 rings (SSSR count). The van der Waals surface area contributed by atoms with Crippen LogP contribution in [0, 0.1) is 0 Å². The van der Waals surface area contributed by atoms with Crippen molar-refractivity contribution in [3.8, 4) is 11.5 Å². The van der Waals surface area contributed by atoms with E-state index in [1.807, 2.05) is 27.7 Å². The monoisotopic (exact) mass is 1190 g/mol. The summed E-state index contributed by atoms with van der Waals surface area (Å²) in [6.45, 7) is 13.0. The Bertz CT molecular complexity index is 2950. The van der Waals surface area contributed by atoms with Gasteiger partial charge in [0.25, 0.3) is 0 Å². The normalized spacial score (nSPS) is 26.5. The number of alkyl halides is 2. The van der Waals surface area contributed by atoms with Gasteiger partial charge in [0.15, 0.2) is 47.5 Å². The summed E-state index contributed by atoms with van der Waals surface area (Å²) in [5.74, 6) is -5.41. The maximum Gasteiger partial charge on any atom is 0.303 e. The van der Waals surface area contributed by atoms with Gasteiger partial charge in [0, 0.05) is 63.5 Å². The first kappa shape index (κ1) is 61.1. The number of allylic oxidation sites excluding steroid dienone is 8. The fourth-order valence-corrected chi connectivity index (χ4v) is 11.2. The smallest absolute Gasteiger partial charge is 0.303 e. The van der Waals surface area contributed by atoms with Crippen LogP contribution in [-0.2, 0) is 87.1 Å². The van der Waals surface area contributed by atoms with Gasteiger partial charge in [0.2, 0.25) is 24.9 Å². The number of halogens is 6. The zero-order valence-electron chi connectivity index (χ0n) is 44.3. The summed E-state index contributed by atoms with van der Waals surface area (Å²) in [5, 5.41) is -0.0512. The number of carbonyl (C=O) groups excluding carboxylic acids is 8. The fourth-order valence-electron chi connectivity index (χ4n) is 9.66. The molecule has 80 heavy (non-hydrogen) atoms. The van der Waals surface area contributed by atoms with Crippen molar-refractivity contribution < 1.29 is 94.5 Å². The number of esters is 6. The standard InChI is InChI=1S/2C27H26Cl2FNO9/c2*1-11(32)36-10-19-24(37-12(2)33)25(38-13(3)34)22(30)26(39-19)40-23-16(28)9-18-20(21(23)29)27(4,5)15-8-14(35)6-7-17(15)31-18/h2*6-9,19,22,24-26H,10H2,1-5H3/t2*19-,22-,24+,25-,26+/m11/s1. The summed E-state index contributed by atoms with van der Waals surface area (Å²) in [6.07, 6.45) is -7.82. The van der Waals surface area contributed by atoms with Gasteiger partial charge >= 0.3 is 35.8 Å². The van der Waals surface area contributed by atoms with Crippen LogP contribution in [0.25, 0.3) is 0 Å². The Morgan fingerprint density at radius 3 is 1.16 bits per heavy atom. The maximum atomic E-state index is 15.9. The fraction of sp³-hybridized carbons (Fsp3) is 0.444. The number of hydrogen-bond acceptors (Lipinski definition) is 20. The average Bonchev–Trinajstić information content (AvgIpc) is 3.35. The Morgan fingerprint density at radius 1 is 0.525 bits per heavy atom. The lowest BCUT2D eigenvalue weighted by atomic mass is 9.71. The zero-order chi connectivity index (χ0) is 59.0. The van der Waals surface area contributed by atoms with Gasteiger partial charge in [-0.1, -0.05) is 74.1 Å². The van der Waals surface area contributed by atoms with E-state index in [-0.39, 0.29) is 43.2 Å². The number of benzene rings is 2. The molecule has 4 aliphatic heterocycles. The quantitative estimate of drug-likeness (QED) is 0.109. The third-order valence-corrected chi connectivity index (χ3v) is 14.3. The number of nitrogens with zero attached hydrogens (tertiary/aromatic N) is 2. The molecule has 0 amide bonds. The van der Waals surface area contributed by atoms with Crippen molar-refractivity contribution in [2.45, 2.75) is 142 Å². The van der Waals surface area contributed by atoms with Gasteiger partial charge in [-0.05, 0) is 59.7 Å². The molecule has 2 fully saturated rings. The van der Waals surface area contributed by atoms with Crippen molar-refractivity contribution in [2.24, 2.45) is 9.98 Å². The first-order valence-electron chi connectivity index (χ1n) is 24.4. The number of ether oxygens (including phenoxy) is 10. The summed E-state index contributed by atoms with van der Waals surface area (Å²) in [7, 11) is 0. The number of hydrogen-bond donors (Lipinski definition) is 0. The number of ketones is 2. The van der Waals surface area contributed by atoms with E-state index in [0.717, 1.165) is 41.5 Å². The van der Waals surface area contributed by atoms with E-state index < -0.39 is 121 Å². The molecule has 0 N–H and O–H groups in total. The largest absolute Gasteiger partial charge is 0.463 e. The van der Waals surface area contributed by atoms with Gasteiger partial charge in [-0.15, -0.1) is 0 Å². The summed E-state index contributed by atoms with van der Waals surface area (Å²) in [4.78, 5) is 103. The molecule has 2 aromatic carbocycles. The van der Waals surface area contributed by atoms with Crippen LogP contribution in [0.1, 0.15) is 80.4 Å². The lowest BCUT2D eigenvalue weighted by Crippen LogP contribution is -2.61. The van der Waals surface area contributed by atoms with Crippen LogP contribution < -0.4 is 9.47 Å². The summed E-state index contributed by atoms with van der Waals surface area (Å²) in [5.41, 5.74) is 2.56. The Balaban J connectivity index is 0.000000231. The second-order valence-corrected chi connectivity index (χ2v) is 21.3. The van der Waals surface area contributed by atoms with Gasteiger partial charge in [-0.3, -0.25) is 38.4 Å². The Labute approximate surface area is 476 Å². The lowest BCUT2D eigenvalue weighted by molar-refractivity contribution is -0.271. The molecule has 0 unspecified atom stereocenters. The van der Waals surface area contributed by atoms with E-state index in [1.165, 1.54) is 36.4 Å². The minimum atomic E-state index is -2.19. The van der Waals surface area contributed by atoms with E-state index in [9.17, 15) is 38.4 Å². The molecule has 10 atom stereocenters. The number of fused-ring (bicyclic) bond motifs is 4. The van der Waals surface area contributed by atoms with Crippen LogP contribution in [0.15, 0.2) is 69.7 Å². The minimum Gasteiger partial charge on any atom is -0.463 e. The molecule has 6 aliphatic rings. The third kappa shape index (κ3) is 13.0. The topological polar surface area (TPSA) is 254 Å². The molecule has 0 saturated carbocycles. The molecule has 0 radical (unpaired) electrons. The molecule has 26 heteroatoms. The van der Waals surface area contributed by atoms with E-state index in [2.05, 4.69) is 9.98 Å². The third-order valence-electron chi connectivity index (χ3n) is 13.0. The van der Waals surface area contributed by atoms with Crippen LogP contribution in [0.5, 0.6) is 11.5 Å². The second-order valence-electron chi connectivity index (χ2n) is 19.7. The van der Waals surface area contributed by atoms with Gasteiger partial charge in [0.05, 0.1) is 42.9 Å². The molecule has 0 aromatic heterocycles. The van der Waals surface area contributed by atoms with Crippen LogP contribution in [0.2, 0.25) is 20.1 Å². The van der Waals surface area contributed by atoms with Crippen molar-refractivity contribution in [2.75, 3.05) is 13.2 Å². The van der Waals surface area contributed by atoms with Crippen LogP contribution in [-0.4, -0.2) is 134 Å². The molecular weight excluding hydrogens is 1140 g/mol. The van der Waals surface area contributed by atoms with Gasteiger partial charge in [-0.2, -0.15) is 0 Å². The van der Waals surface area contributed by atoms with E-state index in [4.69, 9.17) is 93.8 Å². The summed E-state index contributed by atoms with van der Waals surface area (Å²) >= 11 is 26.6. The number of aliphatic imine (C=N–C) groups is 2. The number of rotatable bonds is 12. The summed E-state index contributed by atoms with van der Waals surface area (Å²) < 4.78 is 85.6. The van der Waals surface area contributed by atoms with Gasteiger partial charge < -0.3 is 47.4 Å². The lowest BCUT2D eigenvalue weighted by Gasteiger charge is -2.42. The molecule has 0 spiro atoms. The molecule has 4 heterocycles. The highest BCUT2D eigenvalue weighted by atomic mass is 35.5. The van der Waals surface area contributed by atoms with Crippen LogP contribution >= 0.6 is 46.4 Å². The van der Waals surface area contributed by atoms with Crippen molar-refractivity contribution in [1.29, 1.82) is 0 Å². The Morgan fingerprint density at radius 2 is 0.850 bits per heavy atom. The molecule has 2 aromatic rings. The molecule has 2 aliphatic carbocycles. The van der Waals surface area contributed by atoms with Gasteiger partial charge in [-0.25, -0.2) is 18.8 Å². The van der Waals surface area contributed by atoms with Crippen molar-refractivity contribution >= 4 is 117 Å². The van der Waals surface area contributed by atoms with Crippen LogP contribution in [0.4, 0.5) is 20.2 Å². The van der Waals surface area contributed by atoms with E-state index >= 15 is 8.78 Å². The Hall–Kier alpha value is -6.56. The van der Waals surface area contributed by atoms with E-state index in [0.29, 0.717) is 45.1 Å². The molecule has 20 nitrogen and oxygen atoms in total. The minimum absolute atomic E-state index is 0.00307. The first-order valence-corrected chi connectivity index (χ1v) is 25.9. The molecule has 0 bridgehead atoms. The van der Waals surface area contributed by atoms with Gasteiger partial charge in [0.1, 0.15) is 25.4 Å². The first-order chi connectivity index (χ1) is 37.4. The molecule has 2 saturated heterocycles. The predicted octanol–water partition coefficient (Wildman–Crippen LogP) is 8.58. The molecular formula is C54H52Cl4F2N2O18. The second kappa shape index (κ2) is 24.3. The maximum absolute atomic E-state index is 15.9. The number of carbonyl (C=O) groups is 8. The summed E-state index contributed by atoms with van der Waals surface area (Å²) in [6, 6.07) is 2.98. The highest BCUT2D eigenvalue weighted by Gasteiger charge is 2.54. The highest BCUT2D eigenvalue weighted by molar-refractivity contribution is 6.40. The predicted molar refractivity (Wildman–Crippen MR) is 281 cm³/mol.